The van der Waals surface area contributed by atoms with Crippen LogP contribution in [0.25, 0.3) is 0 Å². The number of benzene rings is 3. The Kier molecular flexibility index (Phi) is 6.01. The zero-order valence-corrected chi connectivity index (χ0v) is 17.6. The third kappa shape index (κ3) is 5.00. The van der Waals surface area contributed by atoms with Gasteiger partial charge in [-0.1, -0.05) is 35.9 Å². The molecule has 3 aromatic carbocycles. The van der Waals surface area contributed by atoms with Crippen molar-refractivity contribution in [1.82, 2.24) is 0 Å². The van der Waals surface area contributed by atoms with Gasteiger partial charge in [0.2, 0.25) is 0 Å². The molecule has 31 heavy (non-hydrogen) atoms. The van der Waals surface area contributed by atoms with E-state index in [0.29, 0.717) is 12.1 Å². The van der Waals surface area contributed by atoms with Gasteiger partial charge in [0.05, 0.1) is 15.5 Å². The summed E-state index contributed by atoms with van der Waals surface area (Å²) in [5, 5.41) is 0. The van der Waals surface area contributed by atoms with E-state index in [9.17, 15) is 30.0 Å². The van der Waals surface area contributed by atoms with Crippen molar-refractivity contribution in [2.75, 3.05) is 4.72 Å². The van der Waals surface area contributed by atoms with Crippen molar-refractivity contribution >= 4 is 25.5 Å². The molecule has 1 N–H and O–H groups in total. The standard InChI is InChI=1S/C20H16F3NO5S2/c1-14-7-9-15(10-8-14)29-19-13-17(30(25,26)20(21,22)23)11-12-18(19)24-31(27,28)16-5-3-2-4-6-16/h2-13,24H,1H3. The number of ether oxygens (including phenoxy) is 1. The molecular weight excluding hydrogens is 455 g/mol. The second-order valence-electron chi connectivity index (χ2n) is 6.44. The zero-order chi connectivity index (χ0) is 22.9. The molecule has 3 aromatic rings. The predicted molar refractivity (Wildman–Crippen MR) is 108 cm³/mol. The molecule has 6 nitrogen and oxygen atoms in total. The van der Waals surface area contributed by atoms with Crippen molar-refractivity contribution in [3.8, 4) is 11.5 Å². The molecule has 0 fully saturated rings. The first-order chi connectivity index (χ1) is 14.4. The highest BCUT2D eigenvalue weighted by Crippen LogP contribution is 2.37. The lowest BCUT2D eigenvalue weighted by atomic mass is 10.2. The van der Waals surface area contributed by atoms with Crippen LogP contribution in [0, 0.1) is 6.92 Å². The summed E-state index contributed by atoms with van der Waals surface area (Å²) in [6, 6.07) is 15.8. The van der Waals surface area contributed by atoms with Crippen LogP contribution in [0.5, 0.6) is 11.5 Å². The minimum absolute atomic E-state index is 0.0942. The first-order valence-corrected chi connectivity index (χ1v) is 11.6. The van der Waals surface area contributed by atoms with Gasteiger partial charge >= 0.3 is 5.51 Å². The number of sulfone groups is 1. The van der Waals surface area contributed by atoms with Crippen LogP contribution in [-0.4, -0.2) is 22.3 Å². The van der Waals surface area contributed by atoms with Crippen LogP contribution in [0.2, 0.25) is 0 Å². The second-order valence-corrected chi connectivity index (χ2v) is 10.1. The number of aryl methyl sites for hydroxylation is 1. The molecule has 11 heteroatoms. The maximum absolute atomic E-state index is 13.0. The molecule has 0 saturated carbocycles. The van der Waals surface area contributed by atoms with Crippen LogP contribution in [0.3, 0.4) is 0 Å². The van der Waals surface area contributed by atoms with Crippen molar-refractivity contribution < 1.29 is 34.7 Å². The van der Waals surface area contributed by atoms with Crippen LogP contribution in [0.15, 0.2) is 82.6 Å². The third-order valence-corrected chi connectivity index (χ3v) is 6.98. The molecule has 0 amide bonds. The number of anilines is 1. The summed E-state index contributed by atoms with van der Waals surface area (Å²) in [7, 11) is -9.78. The van der Waals surface area contributed by atoms with Crippen molar-refractivity contribution in [3.05, 3.63) is 78.4 Å². The largest absolute Gasteiger partial charge is 0.501 e. The molecule has 0 radical (unpaired) electrons. The molecule has 0 aliphatic carbocycles. The molecule has 0 bridgehead atoms. The van der Waals surface area contributed by atoms with Crippen molar-refractivity contribution in [2.24, 2.45) is 0 Å². The van der Waals surface area contributed by atoms with Gasteiger partial charge in [0.15, 0.2) is 5.75 Å². The monoisotopic (exact) mass is 471 g/mol. The van der Waals surface area contributed by atoms with Crippen molar-refractivity contribution in [1.29, 1.82) is 0 Å². The highest BCUT2D eigenvalue weighted by Gasteiger charge is 2.47. The summed E-state index contributed by atoms with van der Waals surface area (Å²) < 4.78 is 95.5. The van der Waals surface area contributed by atoms with Gasteiger partial charge in [-0.2, -0.15) is 13.2 Å². The molecule has 0 atom stereocenters. The first-order valence-electron chi connectivity index (χ1n) is 8.68. The second kappa shape index (κ2) is 8.23. The van der Waals surface area contributed by atoms with Crippen LogP contribution < -0.4 is 9.46 Å². The lowest BCUT2D eigenvalue weighted by molar-refractivity contribution is -0.0436. The molecule has 0 heterocycles. The molecule has 0 aliphatic heterocycles. The van der Waals surface area contributed by atoms with Gasteiger partial charge in [-0.25, -0.2) is 16.8 Å². The van der Waals surface area contributed by atoms with Gasteiger partial charge in [-0.05, 0) is 43.3 Å². The fraction of sp³-hybridized carbons (Fsp3) is 0.100. The molecular formula is C20H16F3NO5S2. The van der Waals surface area contributed by atoms with E-state index in [0.717, 1.165) is 11.6 Å². The summed E-state index contributed by atoms with van der Waals surface area (Å²) in [6.07, 6.45) is 0. The molecule has 164 valence electrons. The Bertz CT molecular complexity index is 1290. The predicted octanol–water partition coefficient (Wildman–Crippen LogP) is 4.88. The van der Waals surface area contributed by atoms with E-state index in [1.807, 2.05) is 0 Å². The van der Waals surface area contributed by atoms with Crippen LogP contribution in [0.4, 0.5) is 18.9 Å². The van der Waals surface area contributed by atoms with E-state index < -0.39 is 36.0 Å². The van der Waals surface area contributed by atoms with Gasteiger partial charge in [-0.3, -0.25) is 4.72 Å². The number of rotatable bonds is 6. The van der Waals surface area contributed by atoms with E-state index in [1.54, 1.807) is 25.1 Å². The zero-order valence-electron chi connectivity index (χ0n) is 15.9. The highest BCUT2D eigenvalue weighted by molar-refractivity contribution is 7.93. The van der Waals surface area contributed by atoms with Crippen LogP contribution in [-0.2, 0) is 19.9 Å². The van der Waals surface area contributed by atoms with Gasteiger partial charge in [0, 0.05) is 6.07 Å². The lowest BCUT2D eigenvalue weighted by Crippen LogP contribution is -2.23. The average molecular weight is 471 g/mol. The molecule has 0 aromatic heterocycles. The highest BCUT2D eigenvalue weighted by atomic mass is 32.2. The normalized spacial score (nSPS) is 12.4. The Morgan fingerprint density at radius 3 is 2.00 bits per heavy atom. The molecule has 0 aliphatic rings. The summed E-state index contributed by atoms with van der Waals surface area (Å²) in [6.45, 7) is 1.81. The van der Waals surface area contributed by atoms with E-state index in [1.165, 1.54) is 36.4 Å². The number of hydrogen-bond acceptors (Lipinski definition) is 5. The van der Waals surface area contributed by atoms with Gasteiger partial charge < -0.3 is 4.74 Å². The lowest BCUT2D eigenvalue weighted by Gasteiger charge is -2.16. The van der Waals surface area contributed by atoms with Crippen molar-refractivity contribution in [2.45, 2.75) is 22.2 Å². The Hall–Kier alpha value is -3.05. The Balaban J connectivity index is 2.08. The quantitative estimate of drug-likeness (QED) is 0.553. The number of nitrogens with one attached hydrogen (secondary N) is 1. The summed E-state index contributed by atoms with van der Waals surface area (Å²) >= 11 is 0. The number of sulfonamides is 1. The number of alkyl halides is 3. The fourth-order valence-corrected chi connectivity index (χ4v) is 4.38. The molecule has 0 saturated heterocycles. The van der Waals surface area contributed by atoms with E-state index >= 15 is 0 Å². The Morgan fingerprint density at radius 2 is 1.42 bits per heavy atom. The van der Waals surface area contributed by atoms with Gasteiger partial charge in [0.1, 0.15) is 5.75 Å². The van der Waals surface area contributed by atoms with E-state index in [-0.39, 0.29) is 16.3 Å². The van der Waals surface area contributed by atoms with E-state index in [2.05, 4.69) is 4.72 Å². The minimum Gasteiger partial charge on any atom is -0.455 e. The third-order valence-electron chi connectivity index (χ3n) is 4.11. The first kappa shape index (κ1) is 22.6. The molecule has 3 rings (SSSR count). The van der Waals surface area contributed by atoms with Crippen molar-refractivity contribution in [3.63, 3.8) is 0 Å². The SMILES string of the molecule is Cc1ccc(Oc2cc(S(=O)(=O)C(F)(F)F)ccc2NS(=O)(=O)c2ccccc2)cc1. The number of halogens is 3. The maximum atomic E-state index is 13.0. The van der Waals surface area contributed by atoms with Gasteiger partial charge in [0.25, 0.3) is 19.9 Å². The molecule has 0 spiro atoms. The maximum Gasteiger partial charge on any atom is 0.501 e. The molecule has 0 unspecified atom stereocenters. The summed E-state index contributed by atoms with van der Waals surface area (Å²) in [5.41, 5.74) is -4.88. The van der Waals surface area contributed by atoms with Crippen LogP contribution >= 0.6 is 0 Å². The summed E-state index contributed by atoms with van der Waals surface area (Å²) in [5.74, 6) is -0.235. The van der Waals surface area contributed by atoms with Gasteiger partial charge in [-0.15, -0.1) is 0 Å². The average Bonchev–Trinajstić information content (AvgIpc) is 2.70. The minimum atomic E-state index is -5.67. The Labute approximate surface area is 177 Å². The summed E-state index contributed by atoms with van der Waals surface area (Å²) in [4.78, 5) is -1.17. The topological polar surface area (TPSA) is 89.5 Å². The Morgan fingerprint density at radius 1 is 0.806 bits per heavy atom. The number of hydrogen-bond donors (Lipinski definition) is 1. The fourth-order valence-electron chi connectivity index (χ4n) is 2.51. The smallest absolute Gasteiger partial charge is 0.455 e. The van der Waals surface area contributed by atoms with Crippen LogP contribution in [0.1, 0.15) is 5.56 Å². The van der Waals surface area contributed by atoms with E-state index in [4.69, 9.17) is 4.74 Å².